The highest BCUT2D eigenvalue weighted by atomic mass is 35.5. The number of rotatable bonds is 4. The van der Waals surface area contributed by atoms with Crippen molar-refractivity contribution in [3.63, 3.8) is 0 Å². The van der Waals surface area contributed by atoms with E-state index < -0.39 is 10.0 Å². The van der Waals surface area contributed by atoms with E-state index in [1.807, 2.05) is 0 Å². The van der Waals surface area contributed by atoms with Crippen molar-refractivity contribution in [1.29, 1.82) is 0 Å². The number of quaternary nitrogens is 1. The van der Waals surface area contributed by atoms with Crippen LogP contribution < -0.4 is 4.90 Å². The maximum Gasteiger partial charge on any atom is 0.243 e. The summed E-state index contributed by atoms with van der Waals surface area (Å²) in [5.41, 5.74) is 0. The minimum Gasteiger partial charge on any atom is -0.334 e. The lowest BCUT2D eigenvalue weighted by Gasteiger charge is -2.31. The summed E-state index contributed by atoms with van der Waals surface area (Å²) in [4.78, 5) is 15.5. The number of hydrogen-bond donors (Lipinski definition) is 1. The highest BCUT2D eigenvalue weighted by Crippen LogP contribution is 2.17. The summed E-state index contributed by atoms with van der Waals surface area (Å²) in [5.74, 6) is -0.160. The maximum atomic E-state index is 12.4. The Labute approximate surface area is 136 Å². The Hall–Kier alpha value is -1.15. The van der Waals surface area contributed by atoms with Gasteiger partial charge in [0.15, 0.2) is 0 Å². The Balaban J connectivity index is 2.03. The van der Waals surface area contributed by atoms with Gasteiger partial charge in [-0.25, -0.2) is 8.42 Å². The Morgan fingerprint density at radius 1 is 1.27 bits per heavy atom. The SMILES string of the molecule is CN(CC(=O)N1CC[NH+](C)CC1)S(=O)(=O)c1ccc(Cl)cc1. The predicted molar refractivity (Wildman–Crippen MR) is 84.5 cm³/mol. The first-order valence-electron chi connectivity index (χ1n) is 7.11. The van der Waals surface area contributed by atoms with Crippen molar-refractivity contribution in [3.8, 4) is 0 Å². The van der Waals surface area contributed by atoms with Gasteiger partial charge in [0, 0.05) is 12.1 Å². The van der Waals surface area contributed by atoms with Crippen LogP contribution in [0.5, 0.6) is 0 Å². The third-order valence-corrected chi connectivity index (χ3v) is 5.92. The zero-order valence-corrected chi connectivity index (χ0v) is 14.3. The molecule has 0 aromatic heterocycles. The summed E-state index contributed by atoms with van der Waals surface area (Å²) in [7, 11) is -0.176. The molecule has 22 heavy (non-hydrogen) atoms. The molecule has 0 unspecified atom stereocenters. The first-order valence-corrected chi connectivity index (χ1v) is 8.93. The van der Waals surface area contributed by atoms with Crippen LogP contribution in [0.15, 0.2) is 29.2 Å². The second-order valence-corrected chi connectivity index (χ2v) is 8.03. The van der Waals surface area contributed by atoms with E-state index in [4.69, 9.17) is 11.6 Å². The van der Waals surface area contributed by atoms with Crippen LogP contribution in [-0.4, -0.2) is 70.3 Å². The van der Waals surface area contributed by atoms with Gasteiger partial charge in [-0.05, 0) is 24.3 Å². The number of halogens is 1. The fourth-order valence-corrected chi connectivity index (χ4v) is 3.55. The van der Waals surface area contributed by atoms with E-state index in [9.17, 15) is 13.2 Å². The first kappa shape index (κ1) is 17.2. The monoisotopic (exact) mass is 346 g/mol. The Kier molecular flexibility index (Phi) is 5.44. The van der Waals surface area contributed by atoms with Crippen molar-refractivity contribution in [3.05, 3.63) is 29.3 Å². The van der Waals surface area contributed by atoms with Crippen LogP contribution >= 0.6 is 11.6 Å². The van der Waals surface area contributed by atoms with E-state index in [0.29, 0.717) is 18.1 Å². The molecule has 1 fully saturated rings. The van der Waals surface area contributed by atoms with Crippen molar-refractivity contribution < 1.29 is 18.1 Å². The van der Waals surface area contributed by atoms with E-state index in [2.05, 4.69) is 7.05 Å². The first-order chi connectivity index (χ1) is 10.3. The molecule has 0 bridgehead atoms. The van der Waals surface area contributed by atoms with Gasteiger partial charge in [-0.1, -0.05) is 11.6 Å². The number of piperazine rings is 1. The number of nitrogens with one attached hydrogen (secondary N) is 1. The Bertz CT molecular complexity index is 625. The summed E-state index contributed by atoms with van der Waals surface area (Å²) in [6, 6.07) is 5.93. The van der Waals surface area contributed by atoms with Gasteiger partial charge >= 0.3 is 0 Å². The lowest BCUT2D eigenvalue weighted by Crippen LogP contribution is -3.12. The van der Waals surface area contributed by atoms with Gasteiger partial charge in [0.2, 0.25) is 15.9 Å². The van der Waals surface area contributed by atoms with E-state index in [1.54, 1.807) is 4.90 Å². The van der Waals surface area contributed by atoms with Gasteiger partial charge in [0.25, 0.3) is 0 Å². The number of sulfonamides is 1. The van der Waals surface area contributed by atoms with Crippen LogP contribution in [0.4, 0.5) is 0 Å². The molecule has 1 heterocycles. The van der Waals surface area contributed by atoms with Crippen molar-refractivity contribution in [1.82, 2.24) is 9.21 Å². The highest BCUT2D eigenvalue weighted by Gasteiger charge is 2.27. The molecule has 0 aliphatic carbocycles. The molecule has 0 spiro atoms. The molecule has 0 saturated carbocycles. The van der Waals surface area contributed by atoms with Gasteiger partial charge in [-0.2, -0.15) is 4.31 Å². The zero-order valence-electron chi connectivity index (χ0n) is 12.8. The molecule has 1 aliphatic rings. The number of nitrogens with zero attached hydrogens (tertiary/aromatic N) is 2. The number of carbonyl (C=O) groups excluding carboxylic acids is 1. The third-order valence-electron chi connectivity index (χ3n) is 3.85. The number of benzene rings is 1. The molecule has 1 aromatic carbocycles. The summed E-state index contributed by atoms with van der Waals surface area (Å²) in [5, 5.41) is 0.470. The van der Waals surface area contributed by atoms with Crippen LogP contribution in [0.1, 0.15) is 0 Å². The van der Waals surface area contributed by atoms with E-state index in [1.165, 1.54) is 36.2 Å². The topological polar surface area (TPSA) is 62.1 Å². The Morgan fingerprint density at radius 3 is 2.36 bits per heavy atom. The van der Waals surface area contributed by atoms with Crippen molar-refractivity contribution in [2.75, 3.05) is 46.8 Å². The fourth-order valence-electron chi connectivity index (χ4n) is 2.30. The number of carbonyl (C=O) groups is 1. The lowest BCUT2D eigenvalue weighted by molar-refractivity contribution is -0.883. The molecule has 8 heteroatoms. The van der Waals surface area contributed by atoms with Gasteiger partial charge in [-0.3, -0.25) is 4.79 Å². The van der Waals surface area contributed by atoms with Gasteiger partial charge in [0.05, 0.1) is 44.7 Å². The maximum absolute atomic E-state index is 12.4. The third kappa shape index (κ3) is 3.98. The highest BCUT2D eigenvalue weighted by molar-refractivity contribution is 7.89. The molecule has 1 amide bonds. The molecule has 1 aliphatic heterocycles. The summed E-state index contributed by atoms with van der Waals surface area (Å²) in [6.45, 7) is 2.96. The van der Waals surface area contributed by atoms with Gasteiger partial charge in [0.1, 0.15) is 0 Å². The van der Waals surface area contributed by atoms with E-state index in [-0.39, 0.29) is 17.3 Å². The average Bonchev–Trinajstić information content (AvgIpc) is 2.48. The molecular formula is C14H21ClN3O3S+. The largest absolute Gasteiger partial charge is 0.334 e. The Morgan fingerprint density at radius 2 is 1.82 bits per heavy atom. The molecule has 1 N–H and O–H groups in total. The second-order valence-electron chi connectivity index (χ2n) is 5.55. The van der Waals surface area contributed by atoms with Crippen LogP contribution in [0.2, 0.25) is 5.02 Å². The van der Waals surface area contributed by atoms with Crippen LogP contribution in [-0.2, 0) is 14.8 Å². The molecule has 6 nitrogen and oxygen atoms in total. The molecule has 1 aromatic rings. The molecule has 0 radical (unpaired) electrons. The molecule has 122 valence electrons. The normalized spacial score (nSPS) is 17.0. The number of hydrogen-bond acceptors (Lipinski definition) is 3. The summed E-state index contributed by atoms with van der Waals surface area (Å²) in [6.07, 6.45) is 0. The minimum atomic E-state index is -3.68. The standard InChI is InChI=1S/C14H20ClN3O3S/c1-16-7-9-18(10-8-16)14(19)11-17(2)22(20,21)13-5-3-12(15)4-6-13/h3-6H,7-11H2,1-2H3/p+1. The lowest BCUT2D eigenvalue weighted by atomic mass is 10.3. The van der Waals surface area contributed by atoms with Crippen molar-refractivity contribution in [2.24, 2.45) is 0 Å². The van der Waals surface area contributed by atoms with Crippen LogP contribution in [0.3, 0.4) is 0 Å². The van der Waals surface area contributed by atoms with Gasteiger partial charge < -0.3 is 9.80 Å². The minimum absolute atomic E-state index is 0.134. The smallest absolute Gasteiger partial charge is 0.243 e. The second kappa shape index (κ2) is 6.95. The number of amides is 1. The van der Waals surface area contributed by atoms with E-state index in [0.717, 1.165) is 17.4 Å². The number of likely N-dealkylation sites (N-methyl/N-ethyl adjacent to an activating group) is 2. The van der Waals surface area contributed by atoms with Crippen LogP contribution in [0.25, 0.3) is 0 Å². The zero-order chi connectivity index (χ0) is 16.3. The predicted octanol–water partition coefficient (Wildman–Crippen LogP) is -0.683. The molecule has 0 atom stereocenters. The molecule has 1 saturated heterocycles. The fraction of sp³-hybridized carbons (Fsp3) is 0.500. The quantitative estimate of drug-likeness (QED) is 0.785. The van der Waals surface area contributed by atoms with E-state index >= 15 is 0 Å². The van der Waals surface area contributed by atoms with Crippen molar-refractivity contribution >= 4 is 27.5 Å². The summed E-state index contributed by atoms with van der Waals surface area (Å²) < 4.78 is 25.9. The van der Waals surface area contributed by atoms with Gasteiger partial charge in [-0.15, -0.1) is 0 Å². The molecular weight excluding hydrogens is 326 g/mol. The average molecular weight is 347 g/mol. The van der Waals surface area contributed by atoms with Crippen molar-refractivity contribution in [2.45, 2.75) is 4.90 Å². The summed E-state index contributed by atoms with van der Waals surface area (Å²) >= 11 is 5.77. The van der Waals surface area contributed by atoms with Crippen LogP contribution in [0, 0.1) is 0 Å². The molecule has 2 rings (SSSR count).